The van der Waals surface area contributed by atoms with E-state index < -0.39 is 0 Å². The maximum absolute atomic E-state index is 2.57. The molecule has 2 rings (SSSR count). The number of allylic oxidation sites excluding steroid dienone is 2. The van der Waals surface area contributed by atoms with Gasteiger partial charge in [-0.2, -0.15) is 0 Å². The molecular weight excluding hydrogens is 416 g/mol. The fourth-order valence-electron chi connectivity index (χ4n) is 3.09. The average Bonchev–Trinajstić information content (AvgIpc) is 2.87. The Morgan fingerprint density at radius 2 is 1.59 bits per heavy atom. The van der Waals surface area contributed by atoms with E-state index in [-0.39, 0.29) is 42.8 Å². The van der Waals surface area contributed by atoms with Crippen LogP contribution in [0.5, 0.6) is 0 Å². The number of likely N-dealkylation sites (N-methyl/N-ethyl adjacent to an activating group) is 1. The number of hydrogen-bond donors (Lipinski definition) is 0. The standard InChI is InChI=1S/C17H22N.3ClH.Zr/c1-4-18(5-2)17(3,16-13-9-10-14-16)15-11-7-6-8-12-15;;;;/h6-9,11-13H,4-5,10H2,1-3H3;3*1H;. The van der Waals surface area contributed by atoms with Crippen LogP contribution in [-0.2, 0) is 30.3 Å². The van der Waals surface area contributed by atoms with Crippen molar-refractivity contribution >= 4 is 37.2 Å². The van der Waals surface area contributed by atoms with E-state index in [9.17, 15) is 0 Å². The molecular formula is C17H25Cl3NZr. The topological polar surface area (TPSA) is 3.24 Å². The van der Waals surface area contributed by atoms with Gasteiger partial charge >= 0.3 is 132 Å². The molecule has 0 amide bonds. The average molecular weight is 441 g/mol. The van der Waals surface area contributed by atoms with Gasteiger partial charge in [-0.1, -0.05) is 0 Å². The minimum atomic E-state index is 0. The van der Waals surface area contributed by atoms with E-state index in [0.29, 0.717) is 0 Å². The minimum Gasteiger partial charge on any atom is -0.147 e. The van der Waals surface area contributed by atoms with Gasteiger partial charge in [-0.15, -0.1) is 37.2 Å². The molecule has 123 valence electrons. The Kier molecular flexibility index (Phi) is 12.4. The molecule has 5 heteroatoms. The van der Waals surface area contributed by atoms with Gasteiger partial charge in [0.05, 0.1) is 0 Å². The third kappa shape index (κ3) is 4.71. The predicted molar refractivity (Wildman–Crippen MR) is 99.2 cm³/mol. The van der Waals surface area contributed by atoms with Crippen molar-refractivity contribution in [3.8, 4) is 0 Å². The Balaban J connectivity index is 0. The molecule has 0 N–H and O–H groups in total. The monoisotopic (exact) mass is 438 g/mol. The van der Waals surface area contributed by atoms with Crippen molar-refractivity contribution in [2.75, 3.05) is 13.1 Å². The van der Waals surface area contributed by atoms with Crippen molar-refractivity contribution in [1.29, 1.82) is 0 Å². The molecule has 22 heavy (non-hydrogen) atoms. The van der Waals surface area contributed by atoms with Crippen LogP contribution < -0.4 is 0 Å². The number of benzene rings is 1. The van der Waals surface area contributed by atoms with E-state index in [4.69, 9.17) is 0 Å². The van der Waals surface area contributed by atoms with Gasteiger partial charge in [0.15, 0.2) is 0 Å². The molecule has 1 aromatic rings. The molecule has 1 aliphatic rings. The van der Waals surface area contributed by atoms with Crippen LogP contribution in [0.4, 0.5) is 0 Å². The second-order valence-corrected chi connectivity index (χ2v) is 6.59. The molecule has 0 saturated carbocycles. The molecule has 0 fully saturated rings. The number of hydrogen-bond acceptors (Lipinski definition) is 1. The van der Waals surface area contributed by atoms with Gasteiger partial charge < -0.3 is 0 Å². The first-order valence-electron chi connectivity index (χ1n) is 7.06. The quantitative estimate of drug-likeness (QED) is 0.603. The van der Waals surface area contributed by atoms with Crippen LogP contribution in [0.25, 0.3) is 0 Å². The Labute approximate surface area is 168 Å². The van der Waals surface area contributed by atoms with Gasteiger partial charge in [0.1, 0.15) is 0 Å². The minimum absolute atomic E-state index is 0. The maximum Gasteiger partial charge on any atom is -0.147 e. The van der Waals surface area contributed by atoms with E-state index in [2.05, 4.69) is 68.2 Å². The van der Waals surface area contributed by atoms with Crippen molar-refractivity contribution in [1.82, 2.24) is 4.90 Å². The summed E-state index contributed by atoms with van der Waals surface area (Å²) in [7, 11) is 0. The van der Waals surface area contributed by atoms with E-state index in [1.54, 1.807) is 28.0 Å². The molecule has 0 aromatic heterocycles. The Hall–Kier alpha value is 0.413. The summed E-state index contributed by atoms with van der Waals surface area (Å²) in [6, 6.07) is 10.9. The van der Waals surface area contributed by atoms with Gasteiger partial charge in [0.2, 0.25) is 0 Å². The Bertz CT molecular complexity index is 498. The summed E-state index contributed by atoms with van der Waals surface area (Å²) in [5.41, 5.74) is 2.93. The van der Waals surface area contributed by atoms with E-state index in [1.807, 2.05) is 0 Å². The van der Waals surface area contributed by atoms with E-state index in [0.717, 1.165) is 19.5 Å². The van der Waals surface area contributed by atoms with Crippen molar-refractivity contribution in [2.24, 2.45) is 0 Å². The van der Waals surface area contributed by atoms with Gasteiger partial charge in [-0.25, -0.2) is 0 Å². The first-order valence-corrected chi connectivity index (χ1v) is 8.29. The van der Waals surface area contributed by atoms with E-state index >= 15 is 0 Å². The van der Waals surface area contributed by atoms with Crippen LogP contribution in [0.1, 0.15) is 32.8 Å². The molecule has 0 heterocycles. The van der Waals surface area contributed by atoms with Crippen molar-refractivity contribution in [3.63, 3.8) is 0 Å². The predicted octanol–water partition coefficient (Wildman–Crippen LogP) is 5.27. The van der Waals surface area contributed by atoms with Gasteiger partial charge in [-0.05, 0) is 0 Å². The summed E-state index contributed by atoms with van der Waals surface area (Å²) in [6.45, 7) is 9.04. The van der Waals surface area contributed by atoms with Crippen LogP contribution in [0, 0.1) is 0 Å². The maximum atomic E-state index is 2.57. The molecule has 1 atom stereocenters. The molecule has 1 aromatic carbocycles. The van der Waals surface area contributed by atoms with Crippen LogP contribution >= 0.6 is 37.2 Å². The molecule has 0 spiro atoms. The van der Waals surface area contributed by atoms with Crippen molar-refractivity contribution in [2.45, 2.75) is 32.7 Å². The van der Waals surface area contributed by atoms with Crippen molar-refractivity contribution in [3.05, 3.63) is 56.9 Å². The second-order valence-electron chi connectivity index (χ2n) is 5.11. The van der Waals surface area contributed by atoms with Crippen molar-refractivity contribution < 1.29 is 24.7 Å². The third-order valence-corrected chi connectivity index (χ3v) is 5.35. The number of rotatable bonds is 5. The van der Waals surface area contributed by atoms with Gasteiger partial charge in [0, 0.05) is 0 Å². The van der Waals surface area contributed by atoms with Crippen LogP contribution in [0.15, 0.2) is 51.3 Å². The molecule has 0 radical (unpaired) electrons. The summed E-state index contributed by atoms with van der Waals surface area (Å²) < 4.78 is 1.59. The summed E-state index contributed by atoms with van der Waals surface area (Å²) in [5, 5.41) is 0. The summed E-state index contributed by atoms with van der Waals surface area (Å²) >= 11 is 1.55. The zero-order valence-corrected chi connectivity index (χ0v) is 18.2. The Morgan fingerprint density at radius 1 is 1.05 bits per heavy atom. The fourth-order valence-corrected chi connectivity index (χ4v) is 4.18. The molecule has 1 aliphatic carbocycles. The first-order chi connectivity index (χ1) is 9.14. The normalized spacial score (nSPS) is 15.6. The molecule has 0 saturated heterocycles. The van der Waals surface area contributed by atoms with Gasteiger partial charge in [0.25, 0.3) is 0 Å². The van der Waals surface area contributed by atoms with Crippen LogP contribution in [0.3, 0.4) is 0 Å². The number of halogens is 3. The molecule has 0 aliphatic heterocycles. The molecule has 1 unspecified atom stereocenters. The third-order valence-electron chi connectivity index (χ3n) is 4.19. The largest absolute Gasteiger partial charge is 0.147 e. The zero-order valence-electron chi connectivity index (χ0n) is 13.3. The molecule has 1 nitrogen and oxygen atoms in total. The SMILES string of the molecule is CCN(CC)C(C)(C1=[C]([Zr])CC=C1)c1ccccc1.Cl.Cl.Cl. The summed E-state index contributed by atoms with van der Waals surface area (Å²) in [6.07, 6.45) is 5.79. The van der Waals surface area contributed by atoms with Crippen LogP contribution in [0.2, 0.25) is 0 Å². The first kappa shape index (κ1) is 24.7. The van der Waals surface area contributed by atoms with Crippen LogP contribution in [-0.4, -0.2) is 18.0 Å². The summed E-state index contributed by atoms with van der Waals surface area (Å²) in [5.74, 6) is 0. The summed E-state index contributed by atoms with van der Waals surface area (Å²) in [4.78, 5) is 2.57. The smallest absolute Gasteiger partial charge is 0.147 e. The second kappa shape index (κ2) is 11.1. The number of nitrogens with zero attached hydrogens (tertiary/aromatic N) is 1. The molecule has 0 bridgehead atoms. The fraction of sp³-hybridized carbons (Fsp3) is 0.412. The van der Waals surface area contributed by atoms with Gasteiger partial charge in [-0.3, -0.25) is 0 Å². The van der Waals surface area contributed by atoms with E-state index in [1.165, 1.54) is 11.1 Å². The Morgan fingerprint density at radius 3 is 2.00 bits per heavy atom. The zero-order chi connectivity index (χ0) is 13.9.